The second-order valence-corrected chi connectivity index (χ2v) is 5.18. The quantitative estimate of drug-likeness (QED) is 0.677. The van der Waals surface area contributed by atoms with Crippen LogP contribution in [0.5, 0.6) is 0 Å². The predicted molar refractivity (Wildman–Crippen MR) is 79.1 cm³/mol. The van der Waals surface area contributed by atoms with Gasteiger partial charge in [-0.1, -0.05) is 0 Å². The van der Waals surface area contributed by atoms with Crippen LogP contribution in [0, 0.1) is 6.92 Å². The van der Waals surface area contributed by atoms with Gasteiger partial charge in [0.1, 0.15) is 17.1 Å². The van der Waals surface area contributed by atoms with Crippen molar-refractivity contribution in [1.29, 1.82) is 0 Å². The molecule has 0 fully saturated rings. The molecule has 3 aromatic heterocycles. The lowest BCUT2D eigenvalue weighted by atomic mass is 10.3. The summed E-state index contributed by atoms with van der Waals surface area (Å²) in [4.78, 5) is 9.16. The Morgan fingerprint density at radius 2 is 2.25 bits per heavy atom. The minimum absolute atomic E-state index is 0.559. The Hall–Kier alpha value is -1.81. The van der Waals surface area contributed by atoms with E-state index in [9.17, 15) is 0 Å². The third-order valence-corrected chi connectivity index (χ3v) is 3.47. The molecule has 0 N–H and O–H groups in total. The van der Waals surface area contributed by atoms with Gasteiger partial charge >= 0.3 is 0 Å². The number of nitrogens with zero attached hydrogens (tertiary/aromatic N) is 3. The minimum atomic E-state index is 0.559. The van der Waals surface area contributed by atoms with Crippen molar-refractivity contribution in [3.63, 3.8) is 0 Å². The number of imidazole rings is 1. The Morgan fingerprint density at radius 1 is 1.35 bits per heavy atom. The number of rotatable bonds is 5. The first-order chi connectivity index (χ1) is 9.78. The predicted octanol–water partition coefficient (Wildman–Crippen LogP) is 3.36. The zero-order valence-corrected chi connectivity index (χ0v) is 12.1. The molecule has 0 saturated carbocycles. The van der Waals surface area contributed by atoms with Gasteiger partial charge in [-0.2, -0.15) is 0 Å². The van der Waals surface area contributed by atoms with Crippen molar-refractivity contribution in [1.82, 2.24) is 14.5 Å². The summed E-state index contributed by atoms with van der Waals surface area (Å²) in [6.07, 6.45) is 5.14. The average molecular weight is 290 g/mol. The molecule has 0 aromatic carbocycles. The highest BCUT2D eigenvalue weighted by atomic mass is 35.5. The summed E-state index contributed by atoms with van der Waals surface area (Å²) in [5.41, 5.74) is 2.97. The van der Waals surface area contributed by atoms with Crippen LogP contribution >= 0.6 is 11.6 Å². The molecule has 0 saturated heterocycles. The Labute approximate surface area is 122 Å². The molecule has 0 spiro atoms. The Balaban J connectivity index is 1.95. The minimum Gasteiger partial charge on any atom is -0.469 e. The van der Waals surface area contributed by atoms with Crippen molar-refractivity contribution in [3.8, 4) is 0 Å². The second kappa shape index (κ2) is 5.67. The molecule has 0 unspecified atom stereocenters. The summed E-state index contributed by atoms with van der Waals surface area (Å²) >= 11 is 5.87. The third-order valence-electron chi connectivity index (χ3n) is 3.28. The highest BCUT2D eigenvalue weighted by molar-refractivity contribution is 6.17. The molecule has 0 aliphatic carbocycles. The van der Waals surface area contributed by atoms with Gasteiger partial charge in [-0.25, -0.2) is 9.97 Å². The van der Waals surface area contributed by atoms with E-state index >= 15 is 0 Å². The molecule has 4 nitrogen and oxygen atoms in total. The van der Waals surface area contributed by atoms with Crippen LogP contribution in [0.15, 0.2) is 35.1 Å². The molecule has 0 amide bonds. The van der Waals surface area contributed by atoms with E-state index in [1.165, 1.54) is 0 Å². The van der Waals surface area contributed by atoms with Crippen LogP contribution in [0.3, 0.4) is 0 Å². The van der Waals surface area contributed by atoms with Gasteiger partial charge in [0.2, 0.25) is 0 Å². The van der Waals surface area contributed by atoms with Crippen LogP contribution in [0.2, 0.25) is 0 Å². The van der Waals surface area contributed by atoms with Gasteiger partial charge in [-0.3, -0.25) is 0 Å². The van der Waals surface area contributed by atoms with Crippen LogP contribution < -0.4 is 0 Å². The zero-order valence-electron chi connectivity index (χ0n) is 11.3. The van der Waals surface area contributed by atoms with Crippen molar-refractivity contribution in [3.05, 3.63) is 47.8 Å². The highest BCUT2D eigenvalue weighted by Crippen LogP contribution is 2.17. The summed E-state index contributed by atoms with van der Waals surface area (Å²) in [5.74, 6) is 2.51. The average Bonchev–Trinajstić information content (AvgIpc) is 3.04. The summed E-state index contributed by atoms with van der Waals surface area (Å²) < 4.78 is 7.52. The van der Waals surface area contributed by atoms with Crippen LogP contribution in [0.1, 0.15) is 17.1 Å². The number of alkyl halides is 1. The Kier molecular flexibility index (Phi) is 3.74. The molecule has 20 heavy (non-hydrogen) atoms. The number of furan rings is 1. The largest absolute Gasteiger partial charge is 0.469 e. The van der Waals surface area contributed by atoms with Crippen molar-refractivity contribution in [2.45, 2.75) is 26.3 Å². The molecule has 0 radical (unpaired) electrons. The van der Waals surface area contributed by atoms with Gasteiger partial charge in [0, 0.05) is 31.5 Å². The maximum Gasteiger partial charge on any atom is 0.160 e. The van der Waals surface area contributed by atoms with E-state index in [2.05, 4.69) is 20.6 Å². The van der Waals surface area contributed by atoms with Crippen LogP contribution in [-0.4, -0.2) is 20.4 Å². The van der Waals surface area contributed by atoms with Gasteiger partial charge in [0.15, 0.2) is 5.65 Å². The molecule has 0 atom stereocenters. The van der Waals surface area contributed by atoms with Gasteiger partial charge in [0.25, 0.3) is 0 Å². The molecule has 0 aliphatic heterocycles. The number of pyridine rings is 1. The summed E-state index contributed by atoms with van der Waals surface area (Å²) in [5, 5.41) is 0. The van der Waals surface area contributed by atoms with Gasteiger partial charge in [-0.15, -0.1) is 11.6 Å². The van der Waals surface area contributed by atoms with E-state index in [0.29, 0.717) is 5.88 Å². The number of aryl methyl sites for hydroxylation is 4. The van der Waals surface area contributed by atoms with Gasteiger partial charge in [-0.05, 0) is 30.7 Å². The maximum atomic E-state index is 5.87. The molecular weight excluding hydrogens is 274 g/mol. The van der Waals surface area contributed by atoms with E-state index in [1.807, 2.05) is 25.3 Å². The van der Waals surface area contributed by atoms with Crippen molar-refractivity contribution >= 4 is 22.8 Å². The van der Waals surface area contributed by atoms with E-state index in [-0.39, 0.29) is 0 Å². The smallest absolute Gasteiger partial charge is 0.160 e. The molecule has 3 heterocycles. The lowest BCUT2D eigenvalue weighted by Crippen LogP contribution is -2.07. The SMILES string of the molecule is Cc1cnc2c(c1)nc(CCCl)n2CCc1ccco1. The van der Waals surface area contributed by atoms with Crippen LogP contribution in [0.4, 0.5) is 0 Å². The fourth-order valence-electron chi connectivity index (χ4n) is 2.35. The third kappa shape index (κ3) is 2.56. The fraction of sp³-hybridized carbons (Fsp3) is 0.333. The normalized spacial score (nSPS) is 11.3. The molecule has 104 valence electrons. The van der Waals surface area contributed by atoms with E-state index in [0.717, 1.165) is 47.7 Å². The van der Waals surface area contributed by atoms with E-state index < -0.39 is 0 Å². The molecule has 3 rings (SSSR count). The van der Waals surface area contributed by atoms with Crippen LogP contribution in [-0.2, 0) is 19.4 Å². The van der Waals surface area contributed by atoms with Crippen LogP contribution in [0.25, 0.3) is 11.2 Å². The van der Waals surface area contributed by atoms with Crippen molar-refractivity contribution in [2.24, 2.45) is 0 Å². The lowest BCUT2D eigenvalue weighted by Gasteiger charge is -2.06. The first-order valence-corrected chi connectivity index (χ1v) is 7.21. The number of aromatic nitrogens is 3. The maximum absolute atomic E-state index is 5.87. The van der Waals surface area contributed by atoms with E-state index in [1.54, 1.807) is 6.26 Å². The Morgan fingerprint density at radius 3 is 3.00 bits per heavy atom. The zero-order chi connectivity index (χ0) is 13.9. The van der Waals surface area contributed by atoms with Gasteiger partial charge in [0.05, 0.1) is 6.26 Å². The second-order valence-electron chi connectivity index (χ2n) is 4.80. The number of halogens is 1. The fourth-order valence-corrected chi connectivity index (χ4v) is 2.51. The van der Waals surface area contributed by atoms with E-state index in [4.69, 9.17) is 16.0 Å². The first kappa shape index (κ1) is 13.2. The summed E-state index contributed by atoms with van der Waals surface area (Å²) in [6, 6.07) is 5.95. The summed E-state index contributed by atoms with van der Waals surface area (Å²) in [6.45, 7) is 2.82. The molecule has 0 bridgehead atoms. The topological polar surface area (TPSA) is 43.9 Å². The first-order valence-electron chi connectivity index (χ1n) is 6.68. The monoisotopic (exact) mass is 289 g/mol. The van der Waals surface area contributed by atoms with Crippen molar-refractivity contribution in [2.75, 3.05) is 5.88 Å². The molecule has 0 aliphatic rings. The number of hydrogen-bond donors (Lipinski definition) is 0. The molecular formula is C15H16ClN3O. The van der Waals surface area contributed by atoms with Gasteiger partial charge < -0.3 is 8.98 Å². The lowest BCUT2D eigenvalue weighted by molar-refractivity contribution is 0.490. The number of fused-ring (bicyclic) bond motifs is 1. The number of hydrogen-bond acceptors (Lipinski definition) is 3. The standard InChI is InChI=1S/C15H16ClN3O/c1-11-9-13-15(17-10-11)19(14(18-13)4-6-16)7-5-12-3-2-8-20-12/h2-3,8-10H,4-7H2,1H3. The van der Waals surface area contributed by atoms with Crippen molar-refractivity contribution < 1.29 is 4.42 Å². The molecule has 5 heteroatoms. The Bertz CT molecular complexity index is 703. The molecule has 3 aromatic rings. The summed E-state index contributed by atoms with van der Waals surface area (Å²) in [7, 11) is 0. The highest BCUT2D eigenvalue weighted by Gasteiger charge is 2.12.